The van der Waals surface area contributed by atoms with E-state index in [2.05, 4.69) is 9.97 Å². The predicted octanol–water partition coefficient (Wildman–Crippen LogP) is 2.78. The largest absolute Gasteiger partial charge is 0.389 e. The standard InChI is InChI=1S/C18H17N3O2/c1-11(22)12-2-4-13(5-3-12)15-8-16-14(6-7-17(19)23)9-20-18(16)21-10-15/h2-11,22H,1H3,(H2,19,23)(H,20,21)/b7-6+/t11-/m0/s1. The molecule has 2 aromatic heterocycles. The number of fused-ring (bicyclic) bond motifs is 1. The van der Waals surface area contributed by atoms with Gasteiger partial charge in [0.25, 0.3) is 0 Å². The number of aliphatic hydroxyl groups is 1. The van der Waals surface area contributed by atoms with E-state index >= 15 is 0 Å². The van der Waals surface area contributed by atoms with Gasteiger partial charge in [0.15, 0.2) is 0 Å². The Balaban J connectivity index is 2.01. The number of H-pyrrole nitrogens is 1. The van der Waals surface area contributed by atoms with Crippen molar-refractivity contribution in [1.29, 1.82) is 0 Å². The molecule has 1 atom stereocenters. The van der Waals surface area contributed by atoms with E-state index in [1.165, 1.54) is 6.08 Å². The Kier molecular flexibility index (Phi) is 3.95. The summed E-state index contributed by atoms with van der Waals surface area (Å²) in [6, 6.07) is 9.72. The van der Waals surface area contributed by atoms with Gasteiger partial charge in [0.2, 0.25) is 5.91 Å². The van der Waals surface area contributed by atoms with Crippen LogP contribution in [0.3, 0.4) is 0 Å². The number of nitrogens with one attached hydrogen (secondary N) is 1. The quantitative estimate of drug-likeness (QED) is 0.647. The molecule has 2 heterocycles. The van der Waals surface area contributed by atoms with Gasteiger partial charge in [-0.15, -0.1) is 0 Å². The molecule has 0 unspecified atom stereocenters. The van der Waals surface area contributed by atoms with Crippen molar-refractivity contribution < 1.29 is 9.90 Å². The Morgan fingerprint density at radius 2 is 2.04 bits per heavy atom. The molecule has 5 nitrogen and oxygen atoms in total. The highest BCUT2D eigenvalue weighted by Crippen LogP contribution is 2.26. The first-order valence-electron chi connectivity index (χ1n) is 7.27. The van der Waals surface area contributed by atoms with Crippen molar-refractivity contribution in [2.75, 3.05) is 0 Å². The minimum absolute atomic E-state index is 0.486. The van der Waals surface area contributed by atoms with Gasteiger partial charge in [-0.3, -0.25) is 4.79 Å². The van der Waals surface area contributed by atoms with Gasteiger partial charge in [0.1, 0.15) is 5.65 Å². The zero-order valence-electron chi connectivity index (χ0n) is 12.7. The molecule has 0 spiro atoms. The number of aromatic amines is 1. The lowest BCUT2D eigenvalue weighted by Gasteiger charge is -2.06. The van der Waals surface area contributed by atoms with Crippen LogP contribution in [0.2, 0.25) is 0 Å². The highest BCUT2D eigenvalue weighted by atomic mass is 16.3. The van der Waals surface area contributed by atoms with Gasteiger partial charge in [-0.1, -0.05) is 24.3 Å². The van der Waals surface area contributed by atoms with Crippen LogP contribution >= 0.6 is 0 Å². The SMILES string of the molecule is C[C@H](O)c1ccc(-c2cnc3[nH]cc(/C=C/C(N)=O)c3c2)cc1. The second kappa shape index (κ2) is 6.06. The number of hydrogen-bond acceptors (Lipinski definition) is 3. The number of nitrogens with zero attached hydrogens (tertiary/aromatic N) is 1. The fraction of sp³-hybridized carbons (Fsp3) is 0.111. The number of carbonyl (C=O) groups excluding carboxylic acids is 1. The summed E-state index contributed by atoms with van der Waals surface area (Å²) in [5.41, 5.74) is 9.58. The molecule has 5 heteroatoms. The van der Waals surface area contributed by atoms with Crippen LogP contribution in [0.25, 0.3) is 28.2 Å². The predicted molar refractivity (Wildman–Crippen MR) is 90.4 cm³/mol. The van der Waals surface area contributed by atoms with E-state index in [0.29, 0.717) is 0 Å². The van der Waals surface area contributed by atoms with Gasteiger partial charge >= 0.3 is 0 Å². The van der Waals surface area contributed by atoms with E-state index in [4.69, 9.17) is 5.73 Å². The smallest absolute Gasteiger partial charge is 0.241 e. The molecule has 0 saturated carbocycles. The number of nitrogens with two attached hydrogens (primary N) is 1. The molecule has 0 aliphatic heterocycles. The summed E-state index contributed by atoms with van der Waals surface area (Å²) in [4.78, 5) is 18.4. The Morgan fingerprint density at radius 3 is 2.70 bits per heavy atom. The lowest BCUT2D eigenvalue weighted by Crippen LogP contribution is -2.04. The first kappa shape index (κ1) is 15.0. The number of amides is 1. The monoisotopic (exact) mass is 307 g/mol. The average Bonchev–Trinajstić information content (AvgIpc) is 2.95. The summed E-state index contributed by atoms with van der Waals surface area (Å²) >= 11 is 0. The molecule has 3 aromatic rings. The van der Waals surface area contributed by atoms with E-state index in [-0.39, 0.29) is 0 Å². The lowest BCUT2D eigenvalue weighted by molar-refractivity contribution is -0.113. The first-order chi connectivity index (χ1) is 11.0. The van der Waals surface area contributed by atoms with Crippen molar-refractivity contribution >= 4 is 23.0 Å². The highest BCUT2D eigenvalue weighted by Gasteiger charge is 2.07. The maximum absolute atomic E-state index is 10.9. The highest BCUT2D eigenvalue weighted by molar-refractivity contribution is 5.95. The molecule has 23 heavy (non-hydrogen) atoms. The number of aliphatic hydroxyl groups excluding tert-OH is 1. The third-order valence-electron chi connectivity index (χ3n) is 3.72. The van der Waals surface area contributed by atoms with Gasteiger partial charge in [-0.2, -0.15) is 0 Å². The number of aromatic nitrogens is 2. The number of hydrogen-bond donors (Lipinski definition) is 3. The molecule has 0 bridgehead atoms. The molecule has 4 N–H and O–H groups in total. The maximum atomic E-state index is 10.9. The van der Waals surface area contributed by atoms with Gasteiger partial charge < -0.3 is 15.8 Å². The minimum atomic E-state index is -0.489. The third-order valence-corrected chi connectivity index (χ3v) is 3.72. The van der Waals surface area contributed by atoms with E-state index in [1.807, 2.05) is 30.3 Å². The molecule has 0 fully saturated rings. The van der Waals surface area contributed by atoms with Gasteiger partial charge in [0, 0.05) is 35.0 Å². The van der Waals surface area contributed by atoms with Crippen LogP contribution in [-0.2, 0) is 4.79 Å². The van der Waals surface area contributed by atoms with Crippen LogP contribution in [0.4, 0.5) is 0 Å². The van der Waals surface area contributed by atoms with Crippen LogP contribution in [0.1, 0.15) is 24.2 Å². The van der Waals surface area contributed by atoms with Crippen molar-refractivity contribution in [3.63, 3.8) is 0 Å². The Morgan fingerprint density at radius 1 is 1.30 bits per heavy atom. The van der Waals surface area contributed by atoms with Crippen molar-refractivity contribution in [1.82, 2.24) is 9.97 Å². The van der Waals surface area contributed by atoms with Crippen molar-refractivity contribution in [2.24, 2.45) is 5.73 Å². The summed E-state index contributed by atoms with van der Waals surface area (Å²) in [5, 5.41) is 10.5. The summed E-state index contributed by atoms with van der Waals surface area (Å²) in [6.07, 6.45) is 6.09. The van der Waals surface area contributed by atoms with Crippen LogP contribution in [-0.4, -0.2) is 21.0 Å². The van der Waals surface area contributed by atoms with E-state index in [0.717, 1.165) is 33.3 Å². The molecule has 0 aliphatic carbocycles. The molecule has 1 aromatic carbocycles. The Bertz CT molecular complexity index is 877. The zero-order chi connectivity index (χ0) is 16.4. The van der Waals surface area contributed by atoms with Crippen molar-refractivity contribution in [3.8, 4) is 11.1 Å². The molecule has 0 aliphatic rings. The fourth-order valence-corrected chi connectivity index (χ4v) is 2.45. The molecular weight excluding hydrogens is 290 g/mol. The number of primary amides is 1. The fourth-order valence-electron chi connectivity index (χ4n) is 2.45. The van der Waals surface area contributed by atoms with Crippen LogP contribution in [0, 0.1) is 0 Å². The maximum Gasteiger partial charge on any atom is 0.241 e. The first-order valence-corrected chi connectivity index (χ1v) is 7.27. The average molecular weight is 307 g/mol. The van der Waals surface area contributed by atoms with Crippen molar-refractivity contribution in [3.05, 3.63) is 59.9 Å². The van der Waals surface area contributed by atoms with E-state index in [9.17, 15) is 9.90 Å². The molecule has 0 radical (unpaired) electrons. The molecular formula is C18H17N3O2. The third kappa shape index (κ3) is 3.14. The van der Waals surface area contributed by atoms with Gasteiger partial charge in [-0.05, 0) is 30.2 Å². The second-order valence-electron chi connectivity index (χ2n) is 5.40. The van der Waals surface area contributed by atoms with E-state index < -0.39 is 12.0 Å². The zero-order valence-corrected chi connectivity index (χ0v) is 12.7. The summed E-state index contributed by atoms with van der Waals surface area (Å²) in [6.45, 7) is 1.74. The minimum Gasteiger partial charge on any atom is -0.389 e. The molecule has 3 rings (SSSR count). The molecule has 0 saturated heterocycles. The Hall–Kier alpha value is -2.92. The summed E-state index contributed by atoms with van der Waals surface area (Å²) in [7, 11) is 0. The lowest BCUT2D eigenvalue weighted by atomic mass is 10.0. The topological polar surface area (TPSA) is 92.0 Å². The molecule has 116 valence electrons. The van der Waals surface area contributed by atoms with E-state index in [1.54, 1.807) is 25.4 Å². The normalized spacial score (nSPS) is 12.8. The summed E-state index contributed by atoms with van der Waals surface area (Å²) < 4.78 is 0. The van der Waals surface area contributed by atoms with Crippen LogP contribution in [0.15, 0.2) is 48.8 Å². The number of rotatable bonds is 4. The van der Waals surface area contributed by atoms with Gasteiger partial charge in [-0.25, -0.2) is 4.98 Å². The van der Waals surface area contributed by atoms with Crippen LogP contribution in [0.5, 0.6) is 0 Å². The Labute approximate surface area is 133 Å². The second-order valence-corrected chi connectivity index (χ2v) is 5.40. The number of pyridine rings is 1. The van der Waals surface area contributed by atoms with Crippen molar-refractivity contribution in [2.45, 2.75) is 13.0 Å². The molecule has 1 amide bonds. The number of carbonyl (C=O) groups is 1. The van der Waals surface area contributed by atoms with Crippen LogP contribution < -0.4 is 5.73 Å². The summed E-state index contributed by atoms with van der Waals surface area (Å²) in [5.74, 6) is -0.489. The van der Waals surface area contributed by atoms with Gasteiger partial charge in [0.05, 0.1) is 6.10 Å². The number of benzene rings is 1.